The van der Waals surface area contributed by atoms with Gasteiger partial charge >= 0.3 is 0 Å². The Morgan fingerprint density at radius 1 is 0.444 bits per heavy atom. The molecule has 0 amide bonds. The minimum atomic E-state index is -0.0226. The molecule has 3 heteroatoms. The number of fused-ring (bicyclic) bond motifs is 5. The highest BCUT2D eigenvalue weighted by molar-refractivity contribution is 6.07. The standard InChI is InChI=1S/C33H22N2O/c36-33-28-16-8-10-18-30(28)35-29-17-9-7-15-27(29)31(25-13-5-2-6-14-25)32(35)34(33)26-21-19-24(20-22-26)23-11-3-1-4-12-23/h1-22H. The molecular weight excluding hydrogens is 440 g/mol. The fourth-order valence-electron chi connectivity index (χ4n) is 5.31. The molecule has 0 spiro atoms. The van der Waals surface area contributed by atoms with Gasteiger partial charge in [0, 0.05) is 10.9 Å². The summed E-state index contributed by atoms with van der Waals surface area (Å²) in [7, 11) is 0. The third-order valence-electron chi connectivity index (χ3n) is 6.94. The molecule has 0 aliphatic heterocycles. The van der Waals surface area contributed by atoms with E-state index in [0.717, 1.165) is 50.0 Å². The molecule has 0 aliphatic carbocycles. The van der Waals surface area contributed by atoms with E-state index in [1.54, 1.807) is 0 Å². The van der Waals surface area contributed by atoms with Crippen LogP contribution < -0.4 is 5.56 Å². The Hall–Kier alpha value is -4.89. The third-order valence-corrected chi connectivity index (χ3v) is 6.94. The van der Waals surface area contributed by atoms with Gasteiger partial charge in [0.15, 0.2) is 0 Å². The summed E-state index contributed by atoms with van der Waals surface area (Å²) in [5.74, 6) is 0. The van der Waals surface area contributed by atoms with Crippen LogP contribution in [0.4, 0.5) is 0 Å². The van der Waals surface area contributed by atoms with Crippen LogP contribution in [0.15, 0.2) is 138 Å². The lowest BCUT2D eigenvalue weighted by Gasteiger charge is -2.15. The fourth-order valence-corrected chi connectivity index (χ4v) is 5.31. The van der Waals surface area contributed by atoms with E-state index >= 15 is 0 Å². The van der Waals surface area contributed by atoms with Gasteiger partial charge in [-0.05, 0) is 47.0 Å². The van der Waals surface area contributed by atoms with Crippen molar-refractivity contribution in [2.75, 3.05) is 0 Å². The van der Waals surface area contributed by atoms with Crippen LogP contribution in [-0.4, -0.2) is 8.97 Å². The normalized spacial score (nSPS) is 11.4. The maximum Gasteiger partial charge on any atom is 0.266 e. The smallest absolute Gasteiger partial charge is 0.266 e. The number of hydrogen-bond acceptors (Lipinski definition) is 1. The van der Waals surface area contributed by atoms with Gasteiger partial charge in [-0.3, -0.25) is 13.8 Å². The van der Waals surface area contributed by atoms with E-state index in [0.29, 0.717) is 5.39 Å². The Balaban J connectivity index is 1.64. The van der Waals surface area contributed by atoms with E-state index in [1.807, 2.05) is 77.4 Å². The number of rotatable bonds is 3. The maximum atomic E-state index is 14.1. The molecule has 2 heterocycles. The number of nitrogens with zero attached hydrogens (tertiary/aromatic N) is 2. The summed E-state index contributed by atoms with van der Waals surface area (Å²) in [6, 6.07) is 45.2. The molecule has 0 saturated carbocycles. The summed E-state index contributed by atoms with van der Waals surface area (Å²) >= 11 is 0. The Bertz CT molecular complexity index is 1930. The largest absolute Gasteiger partial charge is 0.294 e. The lowest BCUT2D eigenvalue weighted by atomic mass is 10.0. The van der Waals surface area contributed by atoms with Gasteiger partial charge in [0.2, 0.25) is 0 Å². The highest BCUT2D eigenvalue weighted by Crippen LogP contribution is 2.37. The molecule has 7 aromatic rings. The van der Waals surface area contributed by atoms with E-state index in [4.69, 9.17) is 0 Å². The van der Waals surface area contributed by atoms with Gasteiger partial charge in [-0.2, -0.15) is 0 Å². The van der Waals surface area contributed by atoms with Crippen LogP contribution in [-0.2, 0) is 0 Å². The summed E-state index contributed by atoms with van der Waals surface area (Å²) in [5, 5.41) is 1.81. The van der Waals surface area contributed by atoms with E-state index in [1.165, 1.54) is 0 Å². The second kappa shape index (κ2) is 8.10. The van der Waals surface area contributed by atoms with Crippen molar-refractivity contribution in [3.63, 3.8) is 0 Å². The molecule has 0 atom stereocenters. The molecule has 0 saturated heterocycles. The molecule has 2 aromatic heterocycles. The predicted octanol–water partition coefficient (Wildman–Crippen LogP) is 7.73. The Kier molecular flexibility index (Phi) is 4.61. The zero-order valence-electron chi connectivity index (χ0n) is 19.5. The molecule has 0 N–H and O–H groups in total. The van der Waals surface area contributed by atoms with E-state index in [9.17, 15) is 4.79 Å². The van der Waals surface area contributed by atoms with Crippen molar-refractivity contribution in [3.05, 3.63) is 144 Å². The predicted molar refractivity (Wildman–Crippen MR) is 149 cm³/mol. The summed E-state index contributed by atoms with van der Waals surface area (Å²) in [5.41, 5.74) is 8.10. The number of hydrogen-bond donors (Lipinski definition) is 0. The van der Waals surface area contributed by atoms with Crippen LogP contribution in [0.1, 0.15) is 0 Å². The molecule has 0 bridgehead atoms. The maximum absolute atomic E-state index is 14.1. The van der Waals surface area contributed by atoms with Gasteiger partial charge in [0.25, 0.3) is 5.56 Å². The molecule has 5 aromatic carbocycles. The zero-order valence-corrected chi connectivity index (χ0v) is 19.5. The first-order valence-corrected chi connectivity index (χ1v) is 12.1. The summed E-state index contributed by atoms with van der Waals surface area (Å²) < 4.78 is 4.11. The van der Waals surface area contributed by atoms with Crippen molar-refractivity contribution < 1.29 is 0 Å². The van der Waals surface area contributed by atoms with Crippen LogP contribution in [0.3, 0.4) is 0 Å². The molecule has 0 fully saturated rings. The second-order valence-electron chi connectivity index (χ2n) is 8.99. The van der Waals surface area contributed by atoms with Gasteiger partial charge in [0.1, 0.15) is 5.65 Å². The first kappa shape index (κ1) is 20.5. The lowest BCUT2D eigenvalue weighted by Crippen LogP contribution is -2.21. The van der Waals surface area contributed by atoms with Gasteiger partial charge in [-0.25, -0.2) is 0 Å². The SMILES string of the molecule is O=c1c2ccccc2n2c3ccccc3c(-c3ccccc3)c2n1-c1ccc(-c2ccccc2)cc1. The van der Waals surface area contributed by atoms with Gasteiger partial charge in [0.05, 0.1) is 22.1 Å². The van der Waals surface area contributed by atoms with Crippen molar-refractivity contribution in [3.8, 4) is 27.9 Å². The van der Waals surface area contributed by atoms with Crippen LogP contribution in [0.5, 0.6) is 0 Å². The molecule has 36 heavy (non-hydrogen) atoms. The summed E-state index contributed by atoms with van der Waals surface area (Å²) in [6.07, 6.45) is 0. The average Bonchev–Trinajstić information content (AvgIpc) is 3.29. The quantitative estimate of drug-likeness (QED) is 0.264. The molecule has 170 valence electrons. The van der Waals surface area contributed by atoms with E-state index in [-0.39, 0.29) is 5.56 Å². The Morgan fingerprint density at radius 3 is 1.61 bits per heavy atom. The third kappa shape index (κ3) is 3.03. The Morgan fingerprint density at radius 2 is 0.944 bits per heavy atom. The number of para-hydroxylation sites is 2. The summed E-state index contributed by atoms with van der Waals surface area (Å²) in [6.45, 7) is 0. The fraction of sp³-hybridized carbons (Fsp3) is 0. The molecule has 0 radical (unpaired) electrons. The van der Waals surface area contributed by atoms with Crippen molar-refractivity contribution in [1.82, 2.24) is 8.97 Å². The van der Waals surface area contributed by atoms with Crippen LogP contribution in [0, 0.1) is 0 Å². The summed E-state index contributed by atoms with van der Waals surface area (Å²) in [4.78, 5) is 14.1. The molecule has 7 rings (SSSR count). The molecule has 3 nitrogen and oxygen atoms in total. The number of benzene rings is 5. The first-order valence-electron chi connectivity index (χ1n) is 12.1. The molecule has 0 aliphatic rings. The lowest BCUT2D eigenvalue weighted by molar-refractivity contribution is 1.01. The zero-order chi connectivity index (χ0) is 24.1. The topological polar surface area (TPSA) is 26.4 Å². The average molecular weight is 463 g/mol. The molecule has 0 unspecified atom stereocenters. The Labute approximate surface area is 208 Å². The van der Waals surface area contributed by atoms with Gasteiger partial charge in [-0.1, -0.05) is 103 Å². The van der Waals surface area contributed by atoms with Crippen LogP contribution >= 0.6 is 0 Å². The van der Waals surface area contributed by atoms with Crippen LogP contribution in [0.25, 0.3) is 55.4 Å². The second-order valence-corrected chi connectivity index (χ2v) is 8.99. The van der Waals surface area contributed by atoms with Gasteiger partial charge < -0.3 is 0 Å². The van der Waals surface area contributed by atoms with Crippen molar-refractivity contribution in [1.29, 1.82) is 0 Å². The minimum Gasteiger partial charge on any atom is -0.294 e. The first-order chi connectivity index (χ1) is 17.8. The van der Waals surface area contributed by atoms with E-state index < -0.39 is 0 Å². The minimum absolute atomic E-state index is 0.0226. The highest BCUT2D eigenvalue weighted by atomic mass is 16.1. The van der Waals surface area contributed by atoms with Crippen LogP contribution in [0.2, 0.25) is 0 Å². The monoisotopic (exact) mass is 462 g/mol. The molecular formula is C33H22N2O. The number of aromatic nitrogens is 2. The van der Waals surface area contributed by atoms with Gasteiger partial charge in [-0.15, -0.1) is 0 Å². The highest BCUT2D eigenvalue weighted by Gasteiger charge is 2.21. The van der Waals surface area contributed by atoms with E-state index in [2.05, 4.69) is 65.1 Å². The van der Waals surface area contributed by atoms with Crippen molar-refractivity contribution in [2.24, 2.45) is 0 Å². The van der Waals surface area contributed by atoms with Crippen molar-refractivity contribution >= 4 is 27.5 Å². The van der Waals surface area contributed by atoms with Crippen molar-refractivity contribution in [2.45, 2.75) is 0 Å².